The quantitative estimate of drug-likeness (QED) is 0.689. The summed E-state index contributed by atoms with van der Waals surface area (Å²) in [4.78, 5) is 21.0. The third-order valence-corrected chi connectivity index (χ3v) is 2.66. The highest BCUT2D eigenvalue weighted by atomic mass is 15.3. The van der Waals surface area contributed by atoms with Crippen molar-refractivity contribution in [2.24, 2.45) is 0 Å². The first-order valence-electron chi connectivity index (χ1n) is 6.40. The van der Waals surface area contributed by atoms with Gasteiger partial charge in [0.2, 0.25) is 11.9 Å². The lowest BCUT2D eigenvalue weighted by atomic mass is 10.3. The molecule has 0 radical (unpaired) electrons. The number of pyridine rings is 1. The van der Waals surface area contributed by atoms with Crippen LogP contribution in [0.4, 0.5) is 11.9 Å². The third-order valence-electron chi connectivity index (χ3n) is 2.66. The number of nitrogens with one attached hydrogen (secondary N) is 2. The van der Waals surface area contributed by atoms with Crippen LogP contribution in [-0.2, 0) is 0 Å². The maximum Gasteiger partial charge on any atom is 0.224 e. The summed E-state index contributed by atoms with van der Waals surface area (Å²) in [6, 6.07) is 9.19. The topological polar surface area (TPSA) is 88.5 Å². The molecule has 0 amide bonds. The highest BCUT2D eigenvalue weighted by Gasteiger charge is 2.14. The number of rotatable bonds is 5. The average Bonchev–Trinajstić information content (AvgIpc) is 2.57. The molecule has 3 rings (SSSR count). The van der Waals surface area contributed by atoms with E-state index in [-0.39, 0.29) is 6.17 Å². The van der Waals surface area contributed by atoms with Crippen LogP contribution < -0.4 is 10.6 Å². The van der Waals surface area contributed by atoms with Gasteiger partial charge < -0.3 is 10.6 Å². The first kappa shape index (κ1) is 12.9. The van der Waals surface area contributed by atoms with Gasteiger partial charge in [0.1, 0.15) is 6.17 Å². The van der Waals surface area contributed by atoms with Gasteiger partial charge in [0.15, 0.2) is 0 Å². The summed E-state index contributed by atoms with van der Waals surface area (Å²) in [5.41, 5.74) is 0.789. The fourth-order valence-electron chi connectivity index (χ4n) is 1.74. The number of aromatic nitrogens is 5. The second-order valence-corrected chi connectivity index (χ2v) is 4.12. The Morgan fingerprint density at radius 3 is 1.62 bits per heavy atom. The summed E-state index contributed by atoms with van der Waals surface area (Å²) in [6.45, 7) is 0. The molecule has 0 aliphatic heterocycles. The van der Waals surface area contributed by atoms with Crippen LogP contribution in [0.5, 0.6) is 0 Å². The van der Waals surface area contributed by atoms with Crippen LogP contribution >= 0.6 is 0 Å². The predicted molar refractivity (Wildman–Crippen MR) is 78.3 cm³/mol. The van der Waals surface area contributed by atoms with E-state index in [2.05, 4.69) is 35.6 Å². The molecule has 0 saturated carbocycles. The minimum absolute atomic E-state index is 0.337. The zero-order valence-corrected chi connectivity index (χ0v) is 11.1. The Balaban J connectivity index is 1.84. The van der Waals surface area contributed by atoms with Gasteiger partial charge in [0.05, 0.1) is 5.69 Å². The minimum Gasteiger partial charge on any atom is -0.329 e. The van der Waals surface area contributed by atoms with E-state index in [0.717, 1.165) is 5.69 Å². The van der Waals surface area contributed by atoms with Crippen molar-refractivity contribution in [2.75, 3.05) is 10.6 Å². The van der Waals surface area contributed by atoms with Crippen molar-refractivity contribution in [2.45, 2.75) is 6.17 Å². The molecule has 0 aliphatic carbocycles. The first-order chi connectivity index (χ1) is 10.4. The molecule has 7 nitrogen and oxygen atoms in total. The lowest BCUT2D eigenvalue weighted by molar-refractivity contribution is 0.820. The standard InChI is InChI=1S/C14H13N7/c1-2-6-15-11(5-1)12(20-13-16-7-3-8-17-13)21-14-18-9-4-10-19-14/h1-10,12H,(H,16,17,20)(H,18,19,21). The van der Waals surface area contributed by atoms with E-state index in [1.807, 2.05) is 18.2 Å². The SMILES string of the molecule is c1ccc(C(Nc2ncccn2)Nc2ncccn2)nc1. The van der Waals surface area contributed by atoms with Gasteiger partial charge in [-0.05, 0) is 24.3 Å². The molecule has 0 fully saturated rings. The molecular formula is C14H13N7. The van der Waals surface area contributed by atoms with Gasteiger partial charge in [0.25, 0.3) is 0 Å². The van der Waals surface area contributed by atoms with E-state index in [4.69, 9.17) is 0 Å². The highest BCUT2D eigenvalue weighted by molar-refractivity contribution is 5.36. The molecule has 0 aliphatic rings. The smallest absolute Gasteiger partial charge is 0.224 e. The summed E-state index contributed by atoms with van der Waals surface area (Å²) >= 11 is 0. The number of anilines is 2. The number of hydrogen-bond acceptors (Lipinski definition) is 7. The lowest BCUT2D eigenvalue weighted by Gasteiger charge is -2.19. The maximum atomic E-state index is 4.34. The monoisotopic (exact) mass is 279 g/mol. The third kappa shape index (κ3) is 3.47. The molecule has 3 aromatic heterocycles. The van der Waals surface area contributed by atoms with Gasteiger partial charge in [-0.3, -0.25) is 4.98 Å². The van der Waals surface area contributed by atoms with Crippen LogP contribution in [0.15, 0.2) is 61.3 Å². The Hall–Kier alpha value is -3.09. The first-order valence-corrected chi connectivity index (χ1v) is 6.40. The normalized spacial score (nSPS) is 10.3. The summed E-state index contributed by atoms with van der Waals surface area (Å²) in [5, 5.41) is 6.34. The van der Waals surface area contributed by atoms with E-state index in [1.54, 1.807) is 43.1 Å². The second-order valence-electron chi connectivity index (χ2n) is 4.12. The molecule has 0 bridgehead atoms. The minimum atomic E-state index is -0.337. The predicted octanol–water partition coefficient (Wildman–Crippen LogP) is 1.88. The van der Waals surface area contributed by atoms with E-state index in [9.17, 15) is 0 Å². The van der Waals surface area contributed by atoms with E-state index in [1.165, 1.54) is 0 Å². The van der Waals surface area contributed by atoms with E-state index < -0.39 is 0 Å². The zero-order chi connectivity index (χ0) is 14.3. The molecule has 0 atom stereocenters. The molecular weight excluding hydrogens is 266 g/mol. The molecule has 3 heterocycles. The fourth-order valence-corrected chi connectivity index (χ4v) is 1.74. The number of hydrogen-bond donors (Lipinski definition) is 2. The van der Waals surface area contributed by atoms with Crippen molar-refractivity contribution in [3.05, 3.63) is 67.0 Å². The molecule has 7 heteroatoms. The summed E-state index contributed by atoms with van der Waals surface area (Å²) in [6.07, 6.45) is 8.07. The molecule has 3 aromatic rings. The van der Waals surface area contributed by atoms with Gasteiger partial charge in [-0.2, -0.15) is 0 Å². The van der Waals surface area contributed by atoms with Crippen LogP contribution in [0.1, 0.15) is 11.9 Å². The highest BCUT2D eigenvalue weighted by Crippen LogP contribution is 2.15. The van der Waals surface area contributed by atoms with Crippen molar-refractivity contribution < 1.29 is 0 Å². The second kappa shape index (κ2) is 6.38. The van der Waals surface area contributed by atoms with Crippen LogP contribution in [0.3, 0.4) is 0 Å². The Morgan fingerprint density at radius 1 is 0.619 bits per heavy atom. The molecule has 0 aromatic carbocycles. The molecule has 0 unspecified atom stereocenters. The fraction of sp³-hybridized carbons (Fsp3) is 0.0714. The largest absolute Gasteiger partial charge is 0.329 e. The zero-order valence-electron chi connectivity index (χ0n) is 11.1. The van der Waals surface area contributed by atoms with Gasteiger partial charge >= 0.3 is 0 Å². The molecule has 2 N–H and O–H groups in total. The Kier molecular flexibility index (Phi) is 3.92. The van der Waals surface area contributed by atoms with Crippen LogP contribution in [0.2, 0.25) is 0 Å². The molecule has 0 saturated heterocycles. The average molecular weight is 279 g/mol. The van der Waals surface area contributed by atoms with Gasteiger partial charge in [-0.1, -0.05) is 6.07 Å². The lowest BCUT2D eigenvalue weighted by Crippen LogP contribution is -2.23. The summed E-state index contributed by atoms with van der Waals surface area (Å²) in [5.74, 6) is 0.994. The van der Waals surface area contributed by atoms with Crippen molar-refractivity contribution in [3.8, 4) is 0 Å². The van der Waals surface area contributed by atoms with Crippen molar-refractivity contribution in [1.29, 1.82) is 0 Å². The van der Waals surface area contributed by atoms with Gasteiger partial charge in [0, 0.05) is 31.0 Å². The molecule has 21 heavy (non-hydrogen) atoms. The maximum absolute atomic E-state index is 4.34. The van der Waals surface area contributed by atoms with Crippen molar-refractivity contribution >= 4 is 11.9 Å². The van der Waals surface area contributed by atoms with Crippen molar-refractivity contribution in [1.82, 2.24) is 24.9 Å². The van der Waals surface area contributed by atoms with Gasteiger partial charge in [-0.25, -0.2) is 19.9 Å². The Bertz CT molecular complexity index is 619. The van der Waals surface area contributed by atoms with Gasteiger partial charge in [-0.15, -0.1) is 0 Å². The van der Waals surface area contributed by atoms with Crippen LogP contribution in [0, 0.1) is 0 Å². The van der Waals surface area contributed by atoms with Crippen molar-refractivity contribution in [3.63, 3.8) is 0 Å². The Morgan fingerprint density at radius 2 is 1.14 bits per heavy atom. The molecule has 0 spiro atoms. The summed E-state index contributed by atoms with van der Waals surface area (Å²) < 4.78 is 0. The van der Waals surface area contributed by atoms with Crippen LogP contribution in [-0.4, -0.2) is 24.9 Å². The Labute approximate surface area is 121 Å². The number of nitrogens with zero attached hydrogens (tertiary/aromatic N) is 5. The van der Waals surface area contributed by atoms with E-state index in [0.29, 0.717) is 11.9 Å². The molecule has 104 valence electrons. The van der Waals surface area contributed by atoms with Crippen LogP contribution in [0.25, 0.3) is 0 Å². The summed E-state index contributed by atoms with van der Waals surface area (Å²) in [7, 11) is 0. The van der Waals surface area contributed by atoms with E-state index >= 15 is 0 Å².